The molecule has 0 unspecified atom stereocenters. The van der Waals surface area contributed by atoms with Gasteiger partial charge in [0.15, 0.2) is 0 Å². The van der Waals surface area contributed by atoms with Crippen LogP contribution in [0.2, 0.25) is 0 Å². The van der Waals surface area contributed by atoms with Gasteiger partial charge in [-0.1, -0.05) is 6.07 Å². The number of rotatable bonds is 6. The van der Waals surface area contributed by atoms with E-state index in [1.807, 2.05) is 42.7 Å². The number of hydrogen-bond donors (Lipinski definition) is 3. The Morgan fingerprint density at radius 2 is 1.87 bits per heavy atom. The first-order valence-corrected chi connectivity index (χ1v) is 13.8. The summed E-state index contributed by atoms with van der Waals surface area (Å²) in [4.78, 5) is 16.4. The first-order chi connectivity index (χ1) is 19.0. The van der Waals surface area contributed by atoms with E-state index in [-0.39, 0.29) is 11.9 Å². The number of anilines is 3. The Morgan fingerprint density at radius 3 is 2.62 bits per heavy atom. The molecule has 0 saturated carbocycles. The van der Waals surface area contributed by atoms with E-state index in [0.717, 1.165) is 86.9 Å². The molecule has 2 aromatic heterocycles. The molecule has 2 saturated heterocycles. The molecule has 3 aromatic rings. The zero-order valence-corrected chi connectivity index (χ0v) is 22.4. The molecular formula is C30H36FN7O. The first-order valence-electron chi connectivity index (χ1n) is 13.8. The highest BCUT2D eigenvalue weighted by molar-refractivity contribution is 5.75. The fraction of sp³-hybridized carbons (Fsp3) is 0.400. The van der Waals surface area contributed by atoms with E-state index < -0.39 is 0 Å². The summed E-state index contributed by atoms with van der Waals surface area (Å²) < 4.78 is 15.4. The minimum Gasteiger partial charge on any atom is -0.393 e. The highest BCUT2D eigenvalue weighted by Gasteiger charge is 2.20. The number of nitrogens with zero attached hydrogens (tertiary/aromatic N) is 5. The van der Waals surface area contributed by atoms with Crippen LogP contribution in [0.15, 0.2) is 48.8 Å². The maximum atomic E-state index is 15.4. The molecule has 0 spiro atoms. The molecule has 0 aliphatic carbocycles. The van der Waals surface area contributed by atoms with Crippen LogP contribution in [-0.2, 0) is 13.1 Å². The van der Waals surface area contributed by atoms with Crippen LogP contribution >= 0.6 is 0 Å². The Bertz CT molecular complexity index is 1330. The van der Waals surface area contributed by atoms with Crippen molar-refractivity contribution >= 4 is 23.3 Å². The van der Waals surface area contributed by atoms with Gasteiger partial charge in [0.25, 0.3) is 0 Å². The van der Waals surface area contributed by atoms with Gasteiger partial charge in [-0.15, -0.1) is 0 Å². The van der Waals surface area contributed by atoms with Crippen molar-refractivity contribution in [3.8, 4) is 11.3 Å². The third-order valence-corrected chi connectivity index (χ3v) is 7.95. The number of aliphatic hydroxyl groups is 1. The molecule has 3 aliphatic rings. The predicted molar refractivity (Wildman–Crippen MR) is 153 cm³/mol. The zero-order valence-electron chi connectivity index (χ0n) is 22.4. The minimum atomic E-state index is -0.257. The van der Waals surface area contributed by atoms with E-state index in [9.17, 15) is 5.11 Å². The molecule has 204 valence electrons. The summed E-state index contributed by atoms with van der Waals surface area (Å²) in [6.07, 6.45) is 7.02. The number of pyridine rings is 2. The molecular weight excluding hydrogens is 493 g/mol. The van der Waals surface area contributed by atoms with Crippen LogP contribution in [0.1, 0.15) is 29.7 Å². The van der Waals surface area contributed by atoms with Crippen molar-refractivity contribution in [3.05, 3.63) is 71.4 Å². The van der Waals surface area contributed by atoms with E-state index >= 15 is 4.39 Å². The molecule has 5 heterocycles. The number of aromatic nitrogens is 2. The van der Waals surface area contributed by atoms with Crippen LogP contribution in [0.3, 0.4) is 0 Å². The van der Waals surface area contributed by atoms with Gasteiger partial charge in [0.2, 0.25) is 0 Å². The Hall–Kier alpha value is -3.53. The molecule has 39 heavy (non-hydrogen) atoms. The molecule has 6 rings (SSSR count). The van der Waals surface area contributed by atoms with Crippen LogP contribution in [0, 0.1) is 5.82 Å². The number of aliphatic hydroxyl groups excluding tert-OH is 1. The predicted octanol–water partition coefficient (Wildman–Crippen LogP) is 3.81. The monoisotopic (exact) mass is 529 g/mol. The van der Waals surface area contributed by atoms with Gasteiger partial charge >= 0.3 is 0 Å². The number of piperazine rings is 1. The third kappa shape index (κ3) is 5.90. The quantitative estimate of drug-likeness (QED) is 0.445. The van der Waals surface area contributed by atoms with Gasteiger partial charge in [0, 0.05) is 69.2 Å². The number of likely N-dealkylation sites (N-methyl/N-ethyl adjacent to an activating group) is 1. The van der Waals surface area contributed by atoms with E-state index in [1.165, 1.54) is 0 Å². The standard InChI is InChI=1S/C30H36FN7O/c1-36-12-14-37(15-13-36)20-21-2-4-24(26(31)16-21)28-17-29(25-19-32-9-6-27(25)34-28)35-30-5-3-22(18-33-30)38-10-7-23(39)8-11-38/h2-6,9,16-18,23,32,39H,7-8,10-15,19-20H2,1H3,(H,33,34,35). The summed E-state index contributed by atoms with van der Waals surface area (Å²) in [6, 6.07) is 11.5. The third-order valence-electron chi connectivity index (χ3n) is 7.95. The summed E-state index contributed by atoms with van der Waals surface area (Å²) in [5.41, 5.74) is 5.80. The summed E-state index contributed by atoms with van der Waals surface area (Å²) in [5.74, 6) is 0.458. The van der Waals surface area contributed by atoms with Crippen LogP contribution in [-0.4, -0.2) is 77.3 Å². The number of halogens is 1. The molecule has 0 radical (unpaired) electrons. The van der Waals surface area contributed by atoms with E-state index in [1.54, 1.807) is 6.07 Å². The number of benzene rings is 1. The lowest BCUT2D eigenvalue weighted by molar-refractivity contribution is 0.145. The lowest BCUT2D eigenvalue weighted by Crippen LogP contribution is -2.43. The number of hydrogen-bond acceptors (Lipinski definition) is 8. The van der Waals surface area contributed by atoms with Gasteiger partial charge in [-0.25, -0.2) is 14.4 Å². The molecule has 3 aliphatic heterocycles. The van der Waals surface area contributed by atoms with E-state index in [2.05, 4.69) is 43.4 Å². The second-order valence-corrected chi connectivity index (χ2v) is 10.8. The fourth-order valence-electron chi connectivity index (χ4n) is 5.50. The summed E-state index contributed by atoms with van der Waals surface area (Å²) in [7, 11) is 2.14. The van der Waals surface area contributed by atoms with Gasteiger partial charge in [0.05, 0.1) is 29.4 Å². The Kier molecular flexibility index (Phi) is 7.45. The smallest absolute Gasteiger partial charge is 0.132 e. The maximum absolute atomic E-state index is 15.4. The lowest BCUT2D eigenvalue weighted by Gasteiger charge is -2.32. The van der Waals surface area contributed by atoms with Crippen LogP contribution < -0.4 is 15.5 Å². The van der Waals surface area contributed by atoms with Crippen LogP contribution in [0.4, 0.5) is 21.6 Å². The first kappa shape index (κ1) is 25.7. The number of piperidine rings is 1. The van der Waals surface area contributed by atoms with Crippen molar-refractivity contribution in [3.63, 3.8) is 0 Å². The average molecular weight is 530 g/mol. The largest absolute Gasteiger partial charge is 0.393 e. The molecule has 3 N–H and O–H groups in total. The fourth-order valence-corrected chi connectivity index (χ4v) is 5.50. The van der Waals surface area contributed by atoms with Crippen molar-refractivity contribution in [2.45, 2.75) is 32.0 Å². The molecule has 2 fully saturated rings. The van der Waals surface area contributed by atoms with Crippen molar-refractivity contribution in [1.82, 2.24) is 25.1 Å². The zero-order chi connectivity index (χ0) is 26.8. The molecule has 1 aromatic carbocycles. The normalized spacial score (nSPS) is 18.6. The minimum absolute atomic E-state index is 0.206. The summed E-state index contributed by atoms with van der Waals surface area (Å²) in [6.45, 7) is 7.11. The SMILES string of the molecule is CN1CCN(Cc2ccc(-c3cc(Nc4ccc(N5CCC(O)CC5)cn4)c4c(n3)C=CNC4)c(F)c2)CC1. The van der Waals surface area contributed by atoms with Crippen molar-refractivity contribution in [1.29, 1.82) is 0 Å². The number of fused-ring (bicyclic) bond motifs is 1. The van der Waals surface area contributed by atoms with Crippen molar-refractivity contribution < 1.29 is 9.50 Å². The molecule has 0 amide bonds. The second kappa shape index (κ2) is 11.3. The Labute approximate surface area is 229 Å². The van der Waals surface area contributed by atoms with Crippen molar-refractivity contribution in [2.75, 3.05) is 56.5 Å². The maximum Gasteiger partial charge on any atom is 0.132 e. The molecule has 0 atom stereocenters. The number of nitrogens with one attached hydrogen (secondary N) is 2. The van der Waals surface area contributed by atoms with Crippen molar-refractivity contribution in [2.24, 2.45) is 0 Å². The summed E-state index contributed by atoms with van der Waals surface area (Å²) >= 11 is 0. The van der Waals surface area contributed by atoms with Gasteiger partial charge in [0.1, 0.15) is 11.6 Å². The van der Waals surface area contributed by atoms with Gasteiger partial charge in [-0.2, -0.15) is 0 Å². The Balaban J connectivity index is 1.23. The highest BCUT2D eigenvalue weighted by Crippen LogP contribution is 2.32. The highest BCUT2D eigenvalue weighted by atomic mass is 19.1. The summed E-state index contributed by atoms with van der Waals surface area (Å²) in [5, 5.41) is 16.5. The van der Waals surface area contributed by atoms with Gasteiger partial charge < -0.3 is 25.5 Å². The molecule has 8 nitrogen and oxygen atoms in total. The Morgan fingerprint density at radius 1 is 1.05 bits per heavy atom. The van der Waals surface area contributed by atoms with Gasteiger partial charge in [-0.3, -0.25) is 4.90 Å². The van der Waals surface area contributed by atoms with Crippen LogP contribution in [0.25, 0.3) is 17.3 Å². The second-order valence-electron chi connectivity index (χ2n) is 10.8. The molecule has 0 bridgehead atoms. The van der Waals surface area contributed by atoms with E-state index in [0.29, 0.717) is 23.6 Å². The van der Waals surface area contributed by atoms with E-state index in [4.69, 9.17) is 4.98 Å². The van der Waals surface area contributed by atoms with Gasteiger partial charge in [-0.05, 0) is 68.1 Å². The lowest BCUT2D eigenvalue weighted by atomic mass is 10.0. The van der Waals surface area contributed by atoms with Crippen LogP contribution in [0.5, 0.6) is 0 Å². The topological polar surface area (TPSA) is 79.8 Å². The molecule has 9 heteroatoms. The average Bonchev–Trinajstić information content (AvgIpc) is 2.95.